The number of carbonyl (C=O) groups is 1. The number of pyridine rings is 1. The summed E-state index contributed by atoms with van der Waals surface area (Å²) in [6, 6.07) is 7.81. The van der Waals surface area contributed by atoms with Crippen LogP contribution in [0.1, 0.15) is 44.5 Å². The van der Waals surface area contributed by atoms with Crippen molar-refractivity contribution in [2.75, 3.05) is 7.05 Å². The molecule has 0 N–H and O–H groups in total. The van der Waals surface area contributed by atoms with Crippen LogP contribution in [0, 0.1) is 27.7 Å². The molecule has 0 saturated carbocycles. The van der Waals surface area contributed by atoms with E-state index in [0.29, 0.717) is 18.7 Å². The van der Waals surface area contributed by atoms with Gasteiger partial charge >= 0.3 is 0 Å². The molecule has 0 atom stereocenters. The van der Waals surface area contributed by atoms with Crippen molar-refractivity contribution in [1.29, 1.82) is 0 Å². The molecule has 0 unspecified atom stereocenters. The highest BCUT2D eigenvalue weighted by molar-refractivity contribution is 5.95. The Kier molecular flexibility index (Phi) is 4.93. The van der Waals surface area contributed by atoms with Crippen LogP contribution < -0.4 is 0 Å². The fourth-order valence-electron chi connectivity index (χ4n) is 3.16. The number of rotatable bonds is 5. The van der Waals surface area contributed by atoms with E-state index in [0.717, 1.165) is 34.1 Å². The summed E-state index contributed by atoms with van der Waals surface area (Å²) in [5.41, 5.74) is 5.46. The molecule has 0 aliphatic rings. The zero-order valence-electron chi connectivity index (χ0n) is 15.9. The lowest BCUT2D eigenvalue weighted by Gasteiger charge is -2.17. The number of nitrogens with zero attached hydrogens (tertiary/aromatic N) is 4. The lowest BCUT2D eigenvalue weighted by atomic mass is 10.1. The van der Waals surface area contributed by atoms with Gasteiger partial charge in [-0.05, 0) is 45.9 Å². The number of aryl methyl sites for hydroxylation is 3. The summed E-state index contributed by atoms with van der Waals surface area (Å²) >= 11 is 0. The first kappa shape index (κ1) is 17.9. The van der Waals surface area contributed by atoms with Gasteiger partial charge in [-0.3, -0.25) is 9.78 Å². The number of hydrogen-bond acceptors (Lipinski definition) is 4. The van der Waals surface area contributed by atoms with Crippen molar-refractivity contribution in [3.05, 3.63) is 70.1 Å². The lowest BCUT2D eigenvalue weighted by Crippen LogP contribution is -2.27. The van der Waals surface area contributed by atoms with E-state index in [2.05, 4.69) is 14.7 Å². The minimum absolute atomic E-state index is 0.00892. The first-order valence-electron chi connectivity index (χ1n) is 8.62. The molecule has 6 heteroatoms. The van der Waals surface area contributed by atoms with Crippen molar-refractivity contribution in [2.45, 2.75) is 40.8 Å². The summed E-state index contributed by atoms with van der Waals surface area (Å²) in [5.74, 6) is 0.744. The maximum Gasteiger partial charge on any atom is 0.255 e. The molecule has 3 rings (SSSR count). The van der Waals surface area contributed by atoms with E-state index in [-0.39, 0.29) is 5.91 Å². The predicted molar refractivity (Wildman–Crippen MR) is 99.0 cm³/mol. The maximum atomic E-state index is 13.0. The second-order valence-corrected chi connectivity index (χ2v) is 6.66. The third kappa shape index (κ3) is 3.40. The van der Waals surface area contributed by atoms with E-state index in [1.54, 1.807) is 18.1 Å². The van der Waals surface area contributed by atoms with Crippen LogP contribution in [0.4, 0.5) is 0 Å². The molecule has 136 valence electrons. The molecule has 0 radical (unpaired) electrons. The Morgan fingerprint density at radius 1 is 1.23 bits per heavy atom. The molecule has 1 amide bonds. The number of amides is 1. The van der Waals surface area contributed by atoms with E-state index in [1.807, 2.05) is 52.0 Å². The van der Waals surface area contributed by atoms with Crippen molar-refractivity contribution >= 4 is 5.91 Å². The van der Waals surface area contributed by atoms with E-state index < -0.39 is 0 Å². The Labute approximate surface area is 153 Å². The van der Waals surface area contributed by atoms with E-state index in [4.69, 9.17) is 4.52 Å². The molecular weight excluding hydrogens is 328 g/mol. The fraction of sp³-hybridized carbons (Fsp3) is 0.350. The molecule has 0 aliphatic heterocycles. The van der Waals surface area contributed by atoms with Crippen molar-refractivity contribution in [3.8, 4) is 0 Å². The Morgan fingerprint density at radius 3 is 2.62 bits per heavy atom. The molecule has 0 fully saturated rings. The van der Waals surface area contributed by atoms with E-state index in [9.17, 15) is 4.79 Å². The second kappa shape index (κ2) is 7.15. The molecule has 3 aromatic heterocycles. The third-order valence-electron chi connectivity index (χ3n) is 4.77. The van der Waals surface area contributed by atoms with Gasteiger partial charge in [0.2, 0.25) is 0 Å². The largest absolute Gasteiger partial charge is 0.361 e. The molecule has 0 spiro atoms. The van der Waals surface area contributed by atoms with Crippen LogP contribution >= 0.6 is 0 Å². The molecular formula is C20H24N4O2. The zero-order valence-corrected chi connectivity index (χ0v) is 15.9. The van der Waals surface area contributed by atoms with Crippen molar-refractivity contribution in [1.82, 2.24) is 19.6 Å². The summed E-state index contributed by atoms with van der Waals surface area (Å²) < 4.78 is 7.32. The third-order valence-corrected chi connectivity index (χ3v) is 4.77. The maximum absolute atomic E-state index is 13.0. The van der Waals surface area contributed by atoms with Crippen molar-refractivity contribution in [3.63, 3.8) is 0 Å². The van der Waals surface area contributed by atoms with Gasteiger partial charge < -0.3 is 14.0 Å². The Balaban J connectivity index is 1.82. The molecule has 0 bridgehead atoms. The van der Waals surface area contributed by atoms with E-state index >= 15 is 0 Å². The van der Waals surface area contributed by atoms with Gasteiger partial charge in [-0.2, -0.15) is 0 Å². The topological polar surface area (TPSA) is 64.2 Å². The molecule has 3 aromatic rings. The Hall–Kier alpha value is -2.89. The minimum Gasteiger partial charge on any atom is -0.361 e. The number of carbonyl (C=O) groups excluding carboxylic acids is 1. The summed E-state index contributed by atoms with van der Waals surface area (Å²) in [5, 5.41) is 3.96. The predicted octanol–water partition coefficient (Wildman–Crippen LogP) is 3.43. The number of aromatic nitrogens is 3. The Morgan fingerprint density at radius 2 is 2.00 bits per heavy atom. The molecule has 3 heterocycles. The highest BCUT2D eigenvalue weighted by Crippen LogP contribution is 2.20. The molecule has 26 heavy (non-hydrogen) atoms. The average Bonchev–Trinajstić information content (AvgIpc) is 3.09. The van der Waals surface area contributed by atoms with E-state index in [1.165, 1.54) is 0 Å². The molecule has 6 nitrogen and oxygen atoms in total. The zero-order chi connectivity index (χ0) is 18.8. The summed E-state index contributed by atoms with van der Waals surface area (Å²) in [6.07, 6.45) is 1.78. The molecule has 0 aromatic carbocycles. The van der Waals surface area contributed by atoms with Gasteiger partial charge in [-0.15, -0.1) is 0 Å². The summed E-state index contributed by atoms with van der Waals surface area (Å²) in [4.78, 5) is 19.1. The average molecular weight is 352 g/mol. The van der Waals surface area contributed by atoms with Crippen LogP contribution in [-0.2, 0) is 13.1 Å². The lowest BCUT2D eigenvalue weighted by molar-refractivity contribution is 0.0783. The van der Waals surface area contributed by atoms with Gasteiger partial charge in [0.15, 0.2) is 0 Å². The van der Waals surface area contributed by atoms with Crippen LogP contribution in [0.15, 0.2) is 35.0 Å². The first-order valence-corrected chi connectivity index (χ1v) is 8.62. The quantitative estimate of drug-likeness (QED) is 0.706. The Bertz CT molecular complexity index is 905. The normalized spacial score (nSPS) is 11.0. The SMILES string of the molecule is Cc1noc(C)c1CN(C)C(=O)c1cc(C)n(Cc2ccccn2)c1C. The standard InChI is InChI=1S/C20H24N4O2/c1-13-10-18(15(3)24(13)11-17-8-6-7-9-21-17)20(25)23(5)12-19-14(2)22-26-16(19)4/h6-10H,11-12H2,1-5H3. The monoisotopic (exact) mass is 352 g/mol. The number of hydrogen-bond donors (Lipinski definition) is 0. The highest BCUT2D eigenvalue weighted by atomic mass is 16.5. The van der Waals surface area contributed by atoms with Gasteiger partial charge in [0, 0.05) is 30.2 Å². The summed E-state index contributed by atoms with van der Waals surface area (Å²) in [7, 11) is 1.80. The second-order valence-electron chi connectivity index (χ2n) is 6.66. The van der Waals surface area contributed by atoms with Crippen LogP contribution in [0.3, 0.4) is 0 Å². The highest BCUT2D eigenvalue weighted by Gasteiger charge is 2.21. The summed E-state index contributed by atoms with van der Waals surface area (Å²) in [6.45, 7) is 8.88. The van der Waals surface area contributed by atoms with Crippen LogP contribution in [0.2, 0.25) is 0 Å². The van der Waals surface area contributed by atoms with Gasteiger partial charge in [-0.25, -0.2) is 0 Å². The van der Waals surface area contributed by atoms with Gasteiger partial charge in [0.05, 0.1) is 30.0 Å². The smallest absolute Gasteiger partial charge is 0.255 e. The fourth-order valence-corrected chi connectivity index (χ4v) is 3.16. The minimum atomic E-state index is -0.00892. The van der Waals surface area contributed by atoms with Crippen LogP contribution in [0.25, 0.3) is 0 Å². The van der Waals surface area contributed by atoms with Gasteiger partial charge in [0.25, 0.3) is 5.91 Å². The van der Waals surface area contributed by atoms with Crippen molar-refractivity contribution < 1.29 is 9.32 Å². The van der Waals surface area contributed by atoms with Gasteiger partial charge in [0.1, 0.15) is 5.76 Å². The first-order chi connectivity index (χ1) is 12.4. The molecule has 0 aliphatic carbocycles. The van der Waals surface area contributed by atoms with Crippen LogP contribution in [0.5, 0.6) is 0 Å². The van der Waals surface area contributed by atoms with Crippen LogP contribution in [-0.4, -0.2) is 32.6 Å². The van der Waals surface area contributed by atoms with Gasteiger partial charge in [-0.1, -0.05) is 11.2 Å². The molecule has 0 saturated heterocycles. The van der Waals surface area contributed by atoms with Crippen molar-refractivity contribution in [2.24, 2.45) is 0 Å².